The van der Waals surface area contributed by atoms with E-state index in [0.29, 0.717) is 28.6 Å². The lowest BCUT2D eigenvalue weighted by Crippen LogP contribution is -2.07. The number of hydrogen-bond acceptors (Lipinski definition) is 5. The molecule has 1 heterocycles. The highest BCUT2D eigenvalue weighted by Gasteiger charge is 2.11. The van der Waals surface area contributed by atoms with Crippen LogP contribution in [0.2, 0.25) is 0 Å². The Kier molecular flexibility index (Phi) is 6.00. The number of carbonyl (C=O) groups excluding carboxylic acids is 1. The van der Waals surface area contributed by atoms with Crippen LogP contribution in [0.1, 0.15) is 0 Å². The van der Waals surface area contributed by atoms with E-state index in [-0.39, 0.29) is 5.91 Å². The Labute approximate surface area is 179 Å². The first-order chi connectivity index (χ1) is 15.2. The Bertz CT molecular complexity index is 1190. The molecule has 0 saturated carbocycles. The minimum Gasteiger partial charge on any atom is -0.457 e. The van der Waals surface area contributed by atoms with Crippen molar-refractivity contribution in [3.8, 4) is 34.3 Å². The smallest absolute Gasteiger partial charge is 0.247 e. The summed E-state index contributed by atoms with van der Waals surface area (Å²) < 4.78 is 11.8. The average molecular weight is 409 g/mol. The first kappa shape index (κ1) is 19.8. The molecule has 6 heteroatoms. The number of nitrogens with zero attached hydrogens (tertiary/aromatic N) is 2. The second-order valence-electron chi connectivity index (χ2n) is 6.50. The fourth-order valence-corrected chi connectivity index (χ4v) is 2.87. The molecule has 31 heavy (non-hydrogen) atoms. The molecule has 0 fully saturated rings. The molecule has 0 bridgehead atoms. The van der Waals surface area contributed by atoms with Crippen molar-refractivity contribution < 1.29 is 14.3 Å². The van der Waals surface area contributed by atoms with Crippen LogP contribution >= 0.6 is 0 Å². The normalized spacial score (nSPS) is 10.2. The summed E-state index contributed by atoms with van der Waals surface area (Å²) in [6, 6.07) is 24.2. The van der Waals surface area contributed by atoms with Gasteiger partial charge in [0.2, 0.25) is 11.8 Å². The standard InChI is InChI=1S/C25H19N3O3/c1-2-24(29)28-19-8-6-7-18(15-19)23-16-26-17-27-25(23)31-22-13-11-21(12-14-22)30-20-9-4-3-5-10-20/h2-17H,1H2,(H,28,29). The molecule has 152 valence electrons. The number of hydrogen-bond donors (Lipinski definition) is 1. The van der Waals surface area contributed by atoms with Crippen LogP contribution in [0.15, 0.2) is 104 Å². The van der Waals surface area contributed by atoms with Crippen molar-refractivity contribution in [1.82, 2.24) is 9.97 Å². The van der Waals surface area contributed by atoms with Gasteiger partial charge in [-0.05, 0) is 60.2 Å². The highest BCUT2D eigenvalue weighted by molar-refractivity contribution is 5.99. The van der Waals surface area contributed by atoms with Gasteiger partial charge in [-0.1, -0.05) is 36.9 Å². The lowest BCUT2D eigenvalue weighted by molar-refractivity contribution is -0.111. The number of aromatic nitrogens is 2. The summed E-state index contributed by atoms with van der Waals surface area (Å²) in [4.78, 5) is 20.0. The predicted octanol–water partition coefficient (Wildman–Crippen LogP) is 5.85. The molecule has 0 aliphatic rings. The maximum atomic E-state index is 11.6. The van der Waals surface area contributed by atoms with E-state index in [0.717, 1.165) is 11.3 Å². The van der Waals surface area contributed by atoms with Gasteiger partial charge in [0, 0.05) is 11.9 Å². The van der Waals surface area contributed by atoms with Crippen LogP contribution < -0.4 is 14.8 Å². The molecule has 1 aromatic heterocycles. The Morgan fingerprint density at radius 1 is 0.871 bits per heavy atom. The van der Waals surface area contributed by atoms with Crippen LogP contribution in [0.3, 0.4) is 0 Å². The summed E-state index contributed by atoms with van der Waals surface area (Å²) in [6.07, 6.45) is 4.32. The number of carbonyl (C=O) groups is 1. The summed E-state index contributed by atoms with van der Waals surface area (Å²) in [6.45, 7) is 3.47. The van der Waals surface area contributed by atoms with E-state index in [1.807, 2.05) is 72.8 Å². The fourth-order valence-electron chi connectivity index (χ4n) is 2.87. The van der Waals surface area contributed by atoms with Crippen molar-refractivity contribution in [2.24, 2.45) is 0 Å². The molecule has 0 radical (unpaired) electrons. The van der Waals surface area contributed by atoms with Gasteiger partial charge in [-0.25, -0.2) is 9.97 Å². The van der Waals surface area contributed by atoms with Crippen LogP contribution in [0.4, 0.5) is 5.69 Å². The van der Waals surface area contributed by atoms with Crippen LogP contribution in [0.25, 0.3) is 11.1 Å². The zero-order valence-corrected chi connectivity index (χ0v) is 16.6. The van der Waals surface area contributed by atoms with Crippen LogP contribution in [-0.2, 0) is 4.79 Å². The van der Waals surface area contributed by atoms with Crippen molar-refractivity contribution >= 4 is 11.6 Å². The van der Waals surface area contributed by atoms with Crippen LogP contribution in [0, 0.1) is 0 Å². The summed E-state index contributed by atoms with van der Waals surface area (Å²) in [5.74, 6) is 2.19. The number of nitrogens with one attached hydrogen (secondary N) is 1. The third kappa shape index (κ3) is 5.13. The summed E-state index contributed by atoms with van der Waals surface area (Å²) in [5, 5.41) is 2.74. The Morgan fingerprint density at radius 3 is 2.32 bits per heavy atom. The van der Waals surface area contributed by atoms with E-state index in [1.54, 1.807) is 12.3 Å². The van der Waals surface area contributed by atoms with E-state index >= 15 is 0 Å². The molecule has 0 aliphatic heterocycles. The van der Waals surface area contributed by atoms with Gasteiger partial charge in [0.1, 0.15) is 23.6 Å². The maximum absolute atomic E-state index is 11.6. The van der Waals surface area contributed by atoms with Gasteiger partial charge in [-0.3, -0.25) is 4.79 Å². The Balaban J connectivity index is 1.53. The van der Waals surface area contributed by atoms with Crippen molar-refractivity contribution in [2.75, 3.05) is 5.32 Å². The first-order valence-electron chi connectivity index (χ1n) is 9.56. The number of rotatable bonds is 7. The van der Waals surface area contributed by atoms with Crippen molar-refractivity contribution in [3.63, 3.8) is 0 Å². The molecule has 0 saturated heterocycles. The number of ether oxygens (including phenoxy) is 2. The van der Waals surface area contributed by atoms with Crippen molar-refractivity contribution in [1.29, 1.82) is 0 Å². The number of para-hydroxylation sites is 1. The molecular weight excluding hydrogens is 390 g/mol. The highest BCUT2D eigenvalue weighted by Crippen LogP contribution is 2.33. The van der Waals surface area contributed by atoms with Gasteiger partial charge in [0.15, 0.2) is 0 Å². The van der Waals surface area contributed by atoms with Crippen molar-refractivity contribution in [2.45, 2.75) is 0 Å². The molecule has 0 aliphatic carbocycles. The molecule has 0 atom stereocenters. The third-order valence-electron chi connectivity index (χ3n) is 4.32. The Hall–Kier alpha value is -4.45. The second-order valence-corrected chi connectivity index (χ2v) is 6.50. The summed E-state index contributed by atoms with van der Waals surface area (Å²) in [7, 11) is 0. The molecule has 6 nitrogen and oxygen atoms in total. The summed E-state index contributed by atoms with van der Waals surface area (Å²) >= 11 is 0. The number of amides is 1. The van der Waals surface area contributed by atoms with Gasteiger partial charge in [-0.2, -0.15) is 0 Å². The molecule has 4 aromatic rings. The van der Waals surface area contributed by atoms with Crippen LogP contribution in [0.5, 0.6) is 23.1 Å². The van der Waals surface area contributed by atoms with E-state index < -0.39 is 0 Å². The molecule has 0 spiro atoms. The molecular formula is C25H19N3O3. The second kappa shape index (κ2) is 9.37. The van der Waals surface area contributed by atoms with E-state index in [4.69, 9.17) is 9.47 Å². The monoisotopic (exact) mass is 409 g/mol. The maximum Gasteiger partial charge on any atom is 0.247 e. The SMILES string of the molecule is C=CC(=O)Nc1cccc(-c2cncnc2Oc2ccc(Oc3ccccc3)cc2)c1. The van der Waals surface area contributed by atoms with Crippen molar-refractivity contribution in [3.05, 3.63) is 104 Å². The lowest BCUT2D eigenvalue weighted by atomic mass is 10.1. The third-order valence-corrected chi connectivity index (χ3v) is 4.32. The largest absolute Gasteiger partial charge is 0.457 e. The van der Waals surface area contributed by atoms with Gasteiger partial charge in [-0.15, -0.1) is 0 Å². The zero-order chi connectivity index (χ0) is 21.5. The highest BCUT2D eigenvalue weighted by atomic mass is 16.5. The van der Waals surface area contributed by atoms with E-state index in [9.17, 15) is 4.79 Å². The van der Waals surface area contributed by atoms with E-state index in [2.05, 4.69) is 21.9 Å². The van der Waals surface area contributed by atoms with Gasteiger partial charge >= 0.3 is 0 Å². The fraction of sp³-hybridized carbons (Fsp3) is 0. The van der Waals surface area contributed by atoms with E-state index in [1.165, 1.54) is 12.4 Å². The molecule has 4 rings (SSSR count). The first-order valence-corrected chi connectivity index (χ1v) is 9.56. The average Bonchev–Trinajstić information content (AvgIpc) is 2.81. The molecule has 1 amide bonds. The number of benzene rings is 3. The topological polar surface area (TPSA) is 73.3 Å². The van der Waals surface area contributed by atoms with Gasteiger partial charge in [0.05, 0.1) is 5.56 Å². The Morgan fingerprint density at radius 2 is 1.58 bits per heavy atom. The molecule has 1 N–H and O–H groups in total. The molecule has 0 unspecified atom stereocenters. The van der Waals surface area contributed by atoms with Crippen LogP contribution in [-0.4, -0.2) is 15.9 Å². The minimum atomic E-state index is -0.282. The minimum absolute atomic E-state index is 0.282. The quantitative estimate of drug-likeness (QED) is 0.388. The number of anilines is 1. The zero-order valence-electron chi connectivity index (χ0n) is 16.6. The summed E-state index contributed by atoms with van der Waals surface area (Å²) in [5.41, 5.74) is 2.14. The van der Waals surface area contributed by atoms with Gasteiger partial charge in [0.25, 0.3) is 0 Å². The van der Waals surface area contributed by atoms with Gasteiger partial charge < -0.3 is 14.8 Å². The predicted molar refractivity (Wildman–Crippen MR) is 119 cm³/mol. The lowest BCUT2D eigenvalue weighted by Gasteiger charge is -2.11. The molecule has 3 aromatic carbocycles.